The van der Waals surface area contributed by atoms with Crippen molar-refractivity contribution in [1.82, 2.24) is 0 Å². The first-order valence-corrected chi connectivity index (χ1v) is 11.1. The van der Waals surface area contributed by atoms with Gasteiger partial charge >= 0.3 is 0 Å². The van der Waals surface area contributed by atoms with Gasteiger partial charge in [-0.2, -0.15) is 0 Å². The Morgan fingerprint density at radius 3 is 2.46 bits per heavy atom. The number of nitrogens with zero attached hydrogens (tertiary/aromatic N) is 1. The summed E-state index contributed by atoms with van der Waals surface area (Å²) in [5.41, 5.74) is 3.06. The number of rotatable bonds is 8. The molecule has 2 aromatic carbocycles. The van der Waals surface area contributed by atoms with Crippen LogP contribution in [0.1, 0.15) is 31.9 Å². The van der Waals surface area contributed by atoms with Gasteiger partial charge in [-0.15, -0.1) is 0 Å². The maximum Gasteiger partial charge on any atom is 0.245 e. The molecule has 0 radical (unpaired) electrons. The van der Waals surface area contributed by atoms with Crippen LogP contribution < -0.4 is 14.4 Å². The lowest BCUT2D eigenvalue weighted by Crippen LogP contribution is -2.37. The molecule has 1 amide bonds. The molecule has 152 valence electrons. The van der Waals surface area contributed by atoms with Gasteiger partial charge < -0.3 is 10.1 Å². The average molecular weight is 405 g/mol. The van der Waals surface area contributed by atoms with Crippen molar-refractivity contribution in [2.75, 3.05) is 22.4 Å². The number of benzene rings is 2. The van der Waals surface area contributed by atoms with Crippen molar-refractivity contribution in [2.45, 2.75) is 40.2 Å². The molecular formula is C21H28N2O4S. The summed E-state index contributed by atoms with van der Waals surface area (Å²) in [6.45, 7) is 7.38. The van der Waals surface area contributed by atoms with E-state index in [1.807, 2.05) is 45.9 Å². The second kappa shape index (κ2) is 9.10. The molecule has 0 heterocycles. The Labute approximate surface area is 167 Å². The van der Waals surface area contributed by atoms with E-state index in [0.29, 0.717) is 11.4 Å². The minimum absolute atomic E-state index is 0.0428. The van der Waals surface area contributed by atoms with E-state index < -0.39 is 15.9 Å². The molecule has 0 saturated carbocycles. The van der Waals surface area contributed by atoms with E-state index >= 15 is 0 Å². The molecule has 0 unspecified atom stereocenters. The Morgan fingerprint density at radius 2 is 1.86 bits per heavy atom. The smallest absolute Gasteiger partial charge is 0.245 e. The summed E-state index contributed by atoms with van der Waals surface area (Å²) >= 11 is 0. The van der Waals surface area contributed by atoms with Crippen LogP contribution in [0.2, 0.25) is 0 Å². The van der Waals surface area contributed by atoms with Gasteiger partial charge in [-0.25, -0.2) is 8.42 Å². The number of anilines is 2. The zero-order chi connectivity index (χ0) is 20.9. The Bertz CT molecular complexity index is 939. The molecule has 0 atom stereocenters. The fourth-order valence-electron chi connectivity index (χ4n) is 2.90. The zero-order valence-corrected chi connectivity index (χ0v) is 17.8. The zero-order valence-electron chi connectivity index (χ0n) is 17.0. The van der Waals surface area contributed by atoms with E-state index in [9.17, 15) is 13.2 Å². The van der Waals surface area contributed by atoms with Crippen molar-refractivity contribution in [2.24, 2.45) is 0 Å². The molecule has 2 rings (SSSR count). The summed E-state index contributed by atoms with van der Waals surface area (Å²) in [7, 11) is -3.66. The highest BCUT2D eigenvalue weighted by atomic mass is 32.2. The molecular weight excluding hydrogens is 376 g/mol. The summed E-state index contributed by atoms with van der Waals surface area (Å²) in [6, 6.07) is 12.5. The number of amides is 1. The normalized spacial score (nSPS) is 11.4. The molecule has 0 saturated heterocycles. The predicted molar refractivity (Wildman–Crippen MR) is 114 cm³/mol. The molecule has 0 aliphatic carbocycles. The topological polar surface area (TPSA) is 75.7 Å². The summed E-state index contributed by atoms with van der Waals surface area (Å²) in [5.74, 6) is 0.151. The highest BCUT2D eigenvalue weighted by Gasteiger charge is 2.22. The summed E-state index contributed by atoms with van der Waals surface area (Å²) in [6.07, 6.45) is 1.81. The first kappa shape index (κ1) is 21.8. The number of nitrogens with one attached hydrogen (secondary N) is 1. The Kier molecular flexibility index (Phi) is 7.07. The summed E-state index contributed by atoms with van der Waals surface area (Å²) in [5, 5.41) is 2.87. The van der Waals surface area contributed by atoms with E-state index in [-0.39, 0.29) is 12.6 Å². The van der Waals surface area contributed by atoms with Crippen molar-refractivity contribution in [1.29, 1.82) is 0 Å². The standard InChI is InChI=1S/C21H28N2O4S/c1-6-17-10-7-9-16(4)21(17)22-20(24)14-23(28(5,25)26)18-11-8-12-19(13-18)27-15(2)3/h7-13,15H,6,14H2,1-5H3,(H,22,24). The molecule has 0 fully saturated rings. The van der Waals surface area contributed by atoms with Gasteiger partial charge in [0.15, 0.2) is 0 Å². The van der Waals surface area contributed by atoms with Crippen LogP contribution >= 0.6 is 0 Å². The van der Waals surface area contributed by atoms with Gasteiger partial charge in [-0.3, -0.25) is 9.10 Å². The number of hydrogen-bond acceptors (Lipinski definition) is 4. The Balaban J connectivity index is 2.28. The number of sulfonamides is 1. The van der Waals surface area contributed by atoms with Crippen LogP contribution in [0, 0.1) is 6.92 Å². The number of aryl methyl sites for hydroxylation is 2. The molecule has 0 aromatic heterocycles. The van der Waals surface area contributed by atoms with E-state index in [1.165, 1.54) is 0 Å². The third-order valence-corrected chi connectivity index (χ3v) is 5.31. The molecule has 0 aliphatic rings. The van der Waals surface area contributed by atoms with Crippen molar-refractivity contribution in [3.63, 3.8) is 0 Å². The second-order valence-electron chi connectivity index (χ2n) is 6.94. The van der Waals surface area contributed by atoms with E-state index in [1.54, 1.807) is 24.3 Å². The van der Waals surface area contributed by atoms with Gasteiger partial charge in [-0.1, -0.05) is 31.2 Å². The third-order valence-electron chi connectivity index (χ3n) is 4.17. The number of carbonyl (C=O) groups excluding carboxylic acids is 1. The molecule has 7 heteroatoms. The fraction of sp³-hybridized carbons (Fsp3) is 0.381. The average Bonchev–Trinajstić information content (AvgIpc) is 2.60. The quantitative estimate of drug-likeness (QED) is 0.727. The number of carbonyl (C=O) groups is 1. The Hall–Kier alpha value is -2.54. The maximum absolute atomic E-state index is 12.7. The largest absolute Gasteiger partial charge is 0.491 e. The molecule has 1 N–H and O–H groups in total. The fourth-order valence-corrected chi connectivity index (χ4v) is 3.74. The van der Waals surface area contributed by atoms with Crippen LogP contribution in [-0.2, 0) is 21.2 Å². The van der Waals surface area contributed by atoms with E-state index in [0.717, 1.165) is 33.8 Å². The first-order chi connectivity index (χ1) is 13.1. The van der Waals surface area contributed by atoms with Crippen LogP contribution in [0.15, 0.2) is 42.5 Å². The second-order valence-corrected chi connectivity index (χ2v) is 8.85. The van der Waals surface area contributed by atoms with Crippen LogP contribution in [0.5, 0.6) is 5.75 Å². The van der Waals surface area contributed by atoms with E-state index in [2.05, 4.69) is 5.32 Å². The van der Waals surface area contributed by atoms with Gasteiger partial charge in [0.2, 0.25) is 15.9 Å². The lowest BCUT2D eigenvalue weighted by atomic mass is 10.1. The van der Waals surface area contributed by atoms with Gasteiger partial charge in [0.25, 0.3) is 0 Å². The van der Waals surface area contributed by atoms with Crippen LogP contribution in [0.25, 0.3) is 0 Å². The van der Waals surface area contributed by atoms with Crippen LogP contribution in [0.3, 0.4) is 0 Å². The Morgan fingerprint density at radius 1 is 1.18 bits per heavy atom. The SMILES string of the molecule is CCc1cccc(C)c1NC(=O)CN(c1cccc(OC(C)C)c1)S(C)(=O)=O. The monoisotopic (exact) mass is 404 g/mol. The first-order valence-electron chi connectivity index (χ1n) is 9.24. The van der Waals surface area contributed by atoms with Gasteiger partial charge in [0, 0.05) is 11.8 Å². The lowest BCUT2D eigenvalue weighted by molar-refractivity contribution is -0.114. The van der Waals surface area contributed by atoms with Crippen molar-refractivity contribution >= 4 is 27.3 Å². The highest BCUT2D eigenvalue weighted by Crippen LogP contribution is 2.25. The minimum Gasteiger partial charge on any atom is -0.491 e. The molecule has 6 nitrogen and oxygen atoms in total. The van der Waals surface area contributed by atoms with Crippen molar-refractivity contribution < 1.29 is 17.9 Å². The van der Waals surface area contributed by atoms with Gasteiger partial charge in [0.05, 0.1) is 18.0 Å². The van der Waals surface area contributed by atoms with Crippen LogP contribution in [0.4, 0.5) is 11.4 Å². The van der Waals surface area contributed by atoms with E-state index in [4.69, 9.17) is 4.74 Å². The van der Waals surface area contributed by atoms with Crippen molar-refractivity contribution in [3.05, 3.63) is 53.6 Å². The molecule has 0 spiro atoms. The summed E-state index contributed by atoms with van der Waals surface area (Å²) in [4.78, 5) is 12.7. The minimum atomic E-state index is -3.66. The maximum atomic E-state index is 12.7. The van der Waals surface area contributed by atoms with Crippen LogP contribution in [-0.4, -0.2) is 33.2 Å². The number of ether oxygens (including phenoxy) is 1. The molecule has 2 aromatic rings. The molecule has 0 aliphatic heterocycles. The van der Waals surface area contributed by atoms with Crippen molar-refractivity contribution in [3.8, 4) is 5.75 Å². The lowest BCUT2D eigenvalue weighted by Gasteiger charge is -2.23. The predicted octanol–water partition coefficient (Wildman–Crippen LogP) is 3.75. The van der Waals surface area contributed by atoms with Gasteiger partial charge in [-0.05, 0) is 50.5 Å². The summed E-state index contributed by atoms with van der Waals surface area (Å²) < 4.78 is 31.4. The molecule has 28 heavy (non-hydrogen) atoms. The van der Waals surface area contributed by atoms with Gasteiger partial charge in [0.1, 0.15) is 12.3 Å². The number of hydrogen-bond donors (Lipinski definition) is 1. The third kappa shape index (κ3) is 5.73. The molecule has 0 bridgehead atoms. The number of para-hydroxylation sites is 1. The highest BCUT2D eigenvalue weighted by molar-refractivity contribution is 7.92.